The van der Waals surface area contributed by atoms with Crippen LogP contribution >= 0.6 is 0 Å². The number of rotatable bonds is 3. The van der Waals surface area contributed by atoms with Crippen molar-refractivity contribution in [1.82, 2.24) is 5.32 Å². The number of anilines is 1. The number of hydrazine groups is 1. The summed E-state index contributed by atoms with van der Waals surface area (Å²) in [6.07, 6.45) is 3.43. The van der Waals surface area contributed by atoms with Crippen LogP contribution in [0.2, 0.25) is 0 Å². The fourth-order valence-electron chi connectivity index (χ4n) is 2.93. The van der Waals surface area contributed by atoms with Crippen LogP contribution in [0.15, 0.2) is 24.3 Å². The van der Waals surface area contributed by atoms with E-state index in [2.05, 4.69) is 24.6 Å². The van der Waals surface area contributed by atoms with Gasteiger partial charge in [-0.05, 0) is 43.2 Å². The molecule has 0 spiro atoms. The number of benzene rings is 1. The average Bonchev–Trinajstić information content (AvgIpc) is 2.41. The van der Waals surface area contributed by atoms with Gasteiger partial charge in [0, 0.05) is 6.04 Å². The molecule has 0 heterocycles. The molecule has 104 valence electrons. The molecule has 3 atom stereocenters. The minimum atomic E-state index is -0.0417. The van der Waals surface area contributed by atoms with Gasteiger partial charge in [-0.1, -0.05) is 26.0 Å². The molecule has 19 heavy (non-hydrogen) atoms. The number of amides is 1. The van der Waals surface area contributed by atoms with Crippen LogP contribution in [-0.2, 0) is 0 Å². The quantitative estimate of drug-likeness (QED) is 0.578. The second-order valence-electron chi connectivity index (χ2n) is 5.67. The lowest BCUT2D eigenvalue weighted by molar-refractivity contribution is 0.0900. The molecule has 1 aromatic carbocycles. The number of carbonyl (C=O) groups is 1. The maximum absolute atomic E-state index is 12.3. The molecule has 1 aromatic rings. The SMILES string of the molecule is CC1CCC(NC(=O)c2ccccc2NN)C(C)C1. The fraction of sp³-hybridized carbons (Fsp3) is 0.533. The van der Waals surface area contributed by atoms with Crippen LogP contribution in [0.1, 0.15) is 43.5 Å². The van der Waals surface area contributed by atoms with E-state index in [0.717, 1.165) is 12.3 Å². The van der Waals surface area contributed by atoms with Crippen molar-refractivity contribution >= 4 is 11.6 Å². The van der Waals surface area contributed by atoms with Crippen LogP contribution in [-0.4, -0.2) is 11.9 Å². The highest BCUT2D eigenvalue weighted by Crippen LogP contribution is 2.29. The summed E-state index contributed by atoms with van der Waals surface area (Å²) >= 11 is 0. The monoisotopic (exact) mass is 261 g/mol. The zero-order valence-electron chi connectivity index (χ0n) is 11.6. The van der Waals surface area contributed by atoms with E-state index in [-0.39, 0.29) is 11.9 Å². The maximum Gasteiger partial charge on any atom is 0.253 e. The van der Waals surface area contributed by atoms with Gasteiger partial charge < -0.3 is 10.7 Å². The van der Waals surface area contributed by atoms with Crippen molar-refractivity contribution in [2.45, 2.75) is 39.2 Å². The van der Waals surface area contributed by atoms with Crippen molar-refractivity contribution in [3.8, 4) is 0 Å². The van der Waals surface area contributed by atoms with E-state index in [1.165, 1.54) is 12.8 Å². The highest BCUT2D eigenvalue weighted by Gasteiger charge is 2.27. The summed E-state index contributed by atoms with van der Waals surface area (Å²) < 4.78 is 0. The van der Waals surface area contributed by atoms with Gasteiger partial charge in [0.1, 0.15) is 0 Å². The first-order valence-corrected chi connectivity index (χ1v) is 6.98. The predicted molar refractivity (Wildman–Crippen MR) is 77.7 cm³/mol. The summed E-state index contributed by atoms with van der Waals surface area (Å²) in [5.41, 5.74) is 3.84. The molecular formula is C15H23N3O. The normalized spacial score (nSPS) is 26.8. The first-order valence-electron chi connectivity index (χ1n) is 6.98. The van der Waals surface area contributed by atoms with Gasteiger partial charge >= 0.3 is 0 Å². The number of carbonyl (C=O) groups excluding carboxylic acids is 1. The summed E-state index contributed by atoms with van der Waals surface area (Å²) in [5.74, 6) is 6.69. The lowest BCUT2D eigenvalue weighted by atomic mass is 9.80. The molecule has 1 amide bonds. The third-order valence-electron chi connectivity index (χ3n) is 4.08. The zero-order chi connectivity index (χ0) is 13.8. The molecule has 0 aliphatic heterocycles. The van der Waals surface area contributed by atoms with E-state index in [0.29, 0.717) is 17.2 Å². The number of para-hydroxylation sites is 1. The Bertz CT molecular complexity index is 447. The number of nitrogen functional groups attached to an aromatic ring is 1. The molecular weight excluding hydrogens is 238 g/mol. The van der Waals surface area contributed by atoms with Gasteiger partial charge in [-0.3, -0.25) is 10.6 Å². The van der Waals surface area contributed by atoms with Gasteiger partial charge in [-0.25, -0.2) is 0 Å². The lowest BCUT2D eigenvalue weighted by Gasteiger charge is -2.33. The maximum atomic E-state index is 12.3. The summed E-state index contributed by atoms with van der Waals surface area (Å²) in [4.78, 5) is 12.3. The molecule has 1 saturated carbocycles. The lowest BCUT2D eigenvalue weighted by Crippen LogP contribution is -2.42. The third-order valence-corrected chi connectivity index (χ3v) is 4.08. The largest absolute Gasteiger partial charge is 0.349 e. The molecule has 4 nitrogen and oxygen atoms in total. The Balaban J connectivity index is 2.04. The minimum Gasteiger partial charge on any atom is -0.349 e. The van der Waals surface area contributed by atoms with Crippen molar-refractivity contribution in [3.63, 3.8) is 0 Å². The van der Waals surface area contributed by atoms with Crippen LogP contribution in [0, 0.1) is 11.8 Å². The molecule has 0 bridgehead atoms. The zero-order valence-corrected chi connectivity index (χ0v) is 11.6. The molecule has 1 fully saturated rings. The van der Waals surface area contributed by atoms with E-state index in [1.54, 1.807) is 12.1 Å². The third kappa shape index (κ3) is 3.26. The van der Waals surface area contributed by atoms with Crippen molar-refractivity contribution in [1.29, 1.82) is 0 Å². The molecule has 2 rings (SSSR count). The van der Waals surface area contributed by atoms with Crippen molar-refractivity contribution in [3.05, 3.63) is 29.8 Å². The molecule has 0 aromatic heterocycles. The summed E-state index contributed by atoms with van der Waals surface area (Å²) in [7, 11) is 0. The van der Waals surface area contributed by atoms with E-state index in [1.807, 2.05) is 12.1 Å². The summed E-state index contributed by atoms with van der Waals surface area (Å²) in [6, 6.07) is 7.58. The molecule has 0 radical (unpaired) electrons. The van der Waals surface area contributed by atoms with Crippen LogP contribution in [0.25, 0.3) is 0 Å². The highest BCUT2D eigenvalue weighted by atomic mass is 16.1. The number of hydrogen-bond donors (Lipinski definition) is 3. The van der Waals surface area contributed by atoms with Gasteiger partial charge in [0.05, 0.1) is 11.3 Å². The van der Waals surface area contributed by atoms with E-state index < -0.39 is 0 Å². The first-order chi connectivity index (χ1) is 9.11. The van der Waals surface area contributed by atoms with Gasteiger partial charge in [-0.2, -0.15) is 0 Å². The Morgan fingerprint density at radius 3 is 2.68 bits per heavy atom. The number of nitrogens with one attached hydrogen (secondary N) is 2. The number of hydrogen-bond acceptors (Lipinski definition) is 3. The van der Waals surface area contributed by atoms with E-state index in [9.17, 15) is 4.79 Å². The summed E-state index contributed by atoms with van der Waals surface area (Å²) in [5, 5.41) is 3.15. The van der Waals surface area contributed by atoms with E-state index in [4.69, 9.17) is 5.84 Å². The Morgan fingerprint density at radius 1 is 1.26 bits per heavy atom. The Morgan fingerprint density at radius 2 is 2.00 bits per heavy atom. The van der Waals surface area contributed by atoms with Crippen LogP contribution in [0.4, 0.5) is 5.69 Å². The predicted octanol–water partition coefficient (Wildman–Crippen LogP) is 2.53. The van der Waals surface area contributed by atoms with Crippen LogP contribution in [0.3, 0.4) is 0 Å². The molecule has 4 heteroatoms. The Kier molecular flexibility index (Phi) is 4.43. The van der Waals surface area contributed by atoms with Gasteiger partial charge in [0.25, 0.3) is 5.91 Å². The smallest absolute Gasteiger partial charge is 0.253 e. The number of nitrogens with two attached hydrogens (primary N) is 1. The second-order valence-corrected chi connectivity index (χ2v) is 5.67. The van der Waals surface area contributed by atoms with Gasteiger partial charge in [0.15, 0.2) is 0 Å². The van der Waals surface area contributed by atoms with Crippen molar-refractivity contribution < 1.29 is 4.79 Å². The topological polar surface area (TPSA) is 67.2 Å². The fourth-order valence-corrected chi connectivity index (χ4v) is 2.93. The van der Waals surface area contributed by atoms with Crippen LogP contribution in [0.5, 0.6) is 0 Å². The van der Waals surface area contributed by atoms with Crippen molar-refractivity contribution in [2.75, 3.05) is 5.43 Å². The molecule has 3 unspecified atom stereocenters. The molecule has 1 aliphatic rings. The highest BCUT2D eigenvalue weighted by molar-refractivity contribution is 5.99. The summed E-state index contributed by atoms with van der Waals surface area (Å²) in [6.45, 7) is 4.50. The Hall–Kier alpha value is -1.55. The molecule has 1 aliphatic carbocycles. The van der Waals surface area contributed by atoms with Gasteiger partial charge in [0.2, 0.25) is 0 Å². The standard InChI is InChI=1S/C15H23N3O/c1-10-7-8-13(11(2)9-10)17-15(19)12-5-3-4-6-14(12)18-16/h3-6,10-11,13,18H,7-9,16H2,1-2H3,(H,17,19). The van der Waals surface area contributed by atoms with Gasteiger partial charge in [-0.15, -0.1) is 0 Å². The van der Waals surface area contributed by atoms with Crippen molar-refractivity contribution in [2.24, 2.45) is 17.7 Å². The van der Waals surface area contributed by atoms with E-state index >= 15 is 0 Å². The molecule has 0 saturated heterocycles. The average molecular weight is 261 g/mol. The first kappa shape index (κ1) is 13.9. The minimum absolute atomic E-state index is 0.0417. The Labute approximate surface area is 114 Å². The molecule has 4 N–H and O–H groups in total. The van der Waals surface area contributed by atoms with Crippen LogP contribution < -0.4 is 16.6 Å². The second kappa shape index (κ2) is 6.06.